The number of aryl methyl sites for hydroxylation is 1. The van der Waals surface area contributed by atoms with Crippen LogP contribution in [0.1, 0.15) is 43.4 Å². The molecule has 1 aliphatic rings. The lowest BCUT2D eigenvalue weighted by Crippen LogP contribution is -2.68. The van der Waals surface area contributed by atoms with E-state index in [4.69, 9.17) is 4.74 Å². The van der Waals surface area contributed by atoms with Crippen LogP contribution >= 0.6 is 0 Å². The molecule has 4 rings (SSSR count). The van der Waals surface area contributed by atoms with Crippen LogP contribution in [-0.4, -0.2) is 31.4 Å². The highest BCUT2D eigenvalue weighted by atomic mass is 32.2. The summed E-state index contributed by atoms with van der Waals surface area (Å²) >= 11 is 0. The second-order valence-corrected chi connectivity index (χ2v) is 10.6. The van der Waals surface area contributed by atoms with Gasteiger partial charge in [-0.3, -0.25) is 10.0 Å². The van der Waals surface area contributed by atoms with Gasteiger partial charge in [-0.25, -0.2) is 8.42 Å². The average Bonchev–Trinajstić information content (AvgIpc) is 2.75. The minimum Gasteiger partial charge on any atom is -0.483 e. The zero-order valence-corrected chi connectivity index (χ0v) is 20.1. The molecule has 0 saturated carbocycles. The van der Waals surface area contributed by atoms with E-state index >= 15 is 0 Å². The quantitative estimate of drug-likeness (QED) is 0.469. The lowest BCUT2D eigenvalue weighted by molar-refractivity contribution is -0.157. The van der Waals surface area contributed by atoms with Gasteiger partial charge in [-0.2, -0.15) is 0 Å². The van der Waals surface area contributed by atoms with Crippen LogP contribution in [0.2, 0.25) is 0 Å². The summed E-state index contributed by atoms with van der Waals surface area (Å²) in [7, 11) is -3.83. The number of ether oxygens (including phenoxy) is 1. The van der Waals surface area contributed by atoms with Gasteiger partial charge in [-0.1, -0.05) is 61.0 Å². The zero-order valence-electron chi connectivity index (χ0n) is 19.3. The molecule has 7 heteroatoms. The molecule has 3 aromatic rings. The minimum absolute atomic E-state index is 0.178. The highest BCUT2D eigenvalue weighted by molar-refractivity contribution is 7.92. The number of anilines is 1. The maximum atomic E-state index is 13.2. The second-order valence-electron chi connectivity index (χ2n) is 8.89. The van der Waals surface area contributed by atoms with Gasteiger partial charge in [0.05, 0.1) is 16.5 Å². The Morgan fingerprint density at radius 2 is 1.55 bits per heavy atom. The number of hydrogen-bond acceptors (Lipinski definition) is 5. The predicted octanol–water partition coefficient (Wildman–Crippen LogP) is 4.40. The number of hydrogen-bond donors (Lipinski definition) is 3. The molecule has 0 radical (unpaired) electrons. The van der Waals surface area contributed by atoms with Gasteiger partial charge in [0, 0.05) is 5.56 Å². The van der Waals surface area contributed by atoms with Crippen LogP contribution < -0.4 is 14.8 Å². The van der Waals surface area contributed by atoms with Crippen molar-refractivity contribution in [2.24, 2.45) is 0 Å². The van der Waals surface area contributed by atoms with Gasteiger partial charge in [0.25, 0.3) is 10.0 Å². The van der Waals surface area contributed by atoms with Crippen LogP contribution in [0.4, 0.5) is 5.69 Å². The molecule has 1 aliphatic heterocycles. The fraction of sp³-hybridized carbons (Fsp3) is 0.308. The van der Waals surface area contributed by atoms with Crippen molar-refractivity contribution in [2.75, 3.05) is 11.3 Å². The summed E-state index contributed by atoms with van der Waals surface area (Å²) in [6.45, 7) is 7.98. The molecule has 0 aliphatic carbocycles. The van der Waals surface area contributed by atoms with Crippen molar-refractivity contribution in [1.29, 1.82) is 0 Å². The van der Waals surface area contributed by atoms with E-state index in [1.807, 2.05) is 64.1 Å². The Balaban J connectivity index is 1.87. The van der Waals surface area contributed by atoms with Crippen molar-refractivity contribution < 1.29 is 18.3 Å². The Morgan fingerprint density at radius 1 is 0.939 bits per heavy atom. The highest BCUT2D eigenvalue weighted by Crippen LogP contribution is 2.50. The zero-order chi connectivity index (χ0) is 23.9. The van der Waals surface area contributed by atoms with Gasteiger partial charge in [0.15, 0.2) is 5.72 Å². The first-order valence-corrected chi connectivity index (χ1v) is 12.5. The van der Waals surface area contributed by atoms with Crippen LogP contribution in [0, 0.1) is 6.92 Å². The fourth-order valence-electron chi connectivity index (χ4n) is 4.48. The van der Waals surface area contributed by atoms with Gasteiger partial charge in [0.2, 0.25) is 0 Å². The number of benzene rings is 3. The predicted molar refractivity (Wildman–Crippen MR) is 130 cm³/mol. The van der Waals surface area contributed by atoms with Gasteiger partial charge in [-0.15, -0.1) is 0 Å². The van der Waals surface area contributed by atoms with E-state index in [2.05, 4.69) is 10.0 Å². The van der Waals surface area contributed by atoms with E-state index in [0.29, 0.717) is 23.5 Å². The molecule has 2 unspecified atom stereocenters. The van der Waals surface area contributed by atoms with Crippen LogP contribution in [0.25, 0.3) is 0 Å². The number of aliphatic hydroxyl groups is 1. The average molecular weight is 467 g/mol. The third-order valence-corrected chi connectivity index (χ3v) is 7.61. The summed E-state index contributed by atoms with van der Waals surface area (Å²) in [4.78, 5) is 0.178. The van der Waals surface area contributed by atoms with Crippen molar-refractivity contribution in [3.8, 4) is 5.75 Å². The molecule has 3 N–H and O–H groups in total. The first kappa shape index (κ1) is 23.3. The number of para-hydroxylation sites is 2. The fourth-order valence-corrected chi connectivity index (χ4v) is 5.56. The van der Waals surface area contributed by atoms with Gasteiger partial charge >= 0.3 is 0 Å². The van der Waals surface area contributed by atoms with Crippen LogP contribution in [0.3, 0.4) is 0 Å². The molecule has 0 amide bonds. The monoisotopic (exact) mass is 466 g/mol. The first-order valence-electron chi connectivity index (χ1n) is 11.0. The Labute approximate surface area is 195 Å². The van der Waals surface area contributed by atoms with E-state index < -0.39 is 27.3 Å². The first-order chi connectivity index (χ1) is 15.6. The van der Waals surface area contributed by atoms with E-state index in [-0.39, 0.29) is 4.90 Å². The molecule has 1 heterocycles. The summed E-state index contributed by atoms with van der Waals surface area (Å²) in [5, 5.41) is 15.2. The van der Waals surface area contributed by atoms with Crippen molar-refractivity contribution in [2.45, 2.75) is 49.8 Å². The molecule has 0 saturated heterocycles. The summed E-state index contributed by atoms with van der Waals surface area (Å²) < 4.78 is 35.3. The Bertz CT molecular complexity index is 1260. The number of sulfonamides is 1. The molecule has 0 spiro atoms. The Hall–Kier alpha value is -2.87. The van der Waals surface area contributed by atoms with Crippen LogP contribution in [0.5, 0.6) is 5.75 Å². The minimum atomic E-state index is -3.83. The van der Waals surface area contributed by atoms with Crippen molar-refractivity contribution in [3.05, 3.63) is 89.5 Å². The van der Waals surface area contributed by atoms with Gasteiger partial charge < -0.3 is 9.84 Å². The van der Waals surface area contributed by atoms with Crippen LogP contribution in [-0.2, 0) is 10.0 Å². The standard InChI is InChI=1S/C26H30N2O4S/c1-5-27-26(29)24(21-11-7-9-13-23(21)32-25(26,3)4)20-10-6-8-12-22(20)28-33(30,31)19-16-14-18(2)15-17-19/h6-17,24,27-29H,5H2,1-4H3. The molecule has 33 heavy (non-hydrogen) atoms. The summed E-state index contributed by atoms with van der Waals surface area (Å²) in [6.07, 6.45) is 0. The van der Waals surface area contributed by atoms with Crippen molar-refractivity contribution in [3.63, 3.8) is 0 Å². The molecule has 2 atom stereocenters. The van der Waals surface area contributed by atoms with Crippen molar-refractivity contribution in [1.82, 2.24) is 5.32 Å². The molecule has 0 aromatic heterocycles. The molecule has 6 nitrogen and oxygen atoms in total. The topological polar surface area (TPSA) is 87.7 Å². The number of likely N-dealkylation sites (N-methyl/N-ethyl adjacent to an activating group) is 1. The Morgan fingerprint density at radius 3 is 2.21 bits per heavy atom. The second kappa shape index (κ2) is 8.48. The van der Waals surface area contributed by atoms with E-state index in [9.17, 15) is 13.5 Å². The van der Waals surface area contributed by atoms with E-state index in [0.717, 1.165) is 11.1 Å². The van der Waals surface area contributed by atoms with E-state index in [1.165, 1.54) is 0 Å². The summed E-state index contributed by atoms with van der Waals surface area (Å²) in [5.74, 6) is 0.0700. The normalized spacial score (nSPS) is 21.7. The maximum Gasteiger partial charge on any atom is 0.261 e. The Kier molecular flexibility index (Phi) is 5.99. The summed E-state index contributed by atoms with van der Waals surface area (Å²) in [5.41, 5.74) is 0.327. The molecule has 0 fully saturated rings. The third-order valence-electron chi connectivity index (χ3n) is 6.22. The maximum absolute atomic E-state index is 13.2. The molecular weight excluding hydrogens is 436 g/mol. The lowest BCUT2D eigenvalue weighted by atomic mass is 9.72. The largest absolute Gasteiger partial charge is 0.483 e. The van der Waals surface area contributed by atoms with Crippen LogP contribution in [0.15, 0.2) is 77.7 Å². The smallest absolute Gasteiger partial charge is 0.261 e. The third kappa shape index (κ3) is 4.12. The van der Waals surface area contributed by atoms with Gasteiger partial charge in [-0.05, 0) is 57.1 Å². The number of nitrogens with one attached hydrogen (secondary N) is 2. The molecule has 174 valence electrons. The molecular formula is C26H30N2O4S. The number of rotatable bonds is 6. The van der Waals surface area contributed by atoms with Gasteiger partial charge in [0.1, 0.15) is 11.4 Å². The van der Waals surface area contributed by atoms with Crippen molar-refractivity contribution >= 4 is 15.7 Å². The van der Waals surface area contributed by atoms with E-state index in [1.54, 1.807) is 36.4 Å². The SMILES string of the molecule is CCNC1(O)C(c2ccccc2NS(=O)(=O)c2ccc(C)cc2)c2ccccc2OC1(C)C. The molecule has 3 aromatic carbocycles. The summed E-state index contributed by atoms with van der Waals surface area (Å²) in [6, 6.07) is 21.4. The lowest BCUT2D eigenvalue weighted by Gasteiger charge is -2.52. The number of fused-ring (bicyclic) bond motifs is 1. The highest BCUT2D eigenvalue weighted by Gasteiger charge is 2.56. The molecule has 0 bridgehead atoms.